The molecule has 0 bridgehead atoms. The van der Waals surface area contributed by atoms with Crippen LogP contribution in [0, 0.1) is 22.2 Å². The van der Waals surface area contributed by atoms with Gasteiger partial charge in [-0.25, -0.2) is 0 Å². The first-order valence-electron chi connectivity index (χ1n) is 20.0. The highest BCUT2D eigenvalue weighted by molar-refractivity contribution is 5.59. The molecule has 0 spiro atoms. The maximum Gasteiger partial charge on any atom is 0.0661 e. The van der Waals surface area contributed by atoms with Crippen molar-refractivity contribution >= 4 is 24.3 Å². The van der Waals surface area contributed by atoms with Crippen molar-refractivity contribution in [3.8, 4) is 0 Å². The van der Waals surface area contributed by atoms with Crippen LogP contribution < -0.4 is 0 Å². The first-order chi connectivity index (χ1) is 25.6. The summed E-state index contributed by atoms with van der Waals surface area (Å²) in [5.41, 5.74) is 11.8. The van der Waals surface area contributed by atoms with E-state index in [0.717, 1.165) is 37.3 Å². The summed E-state index contributed by atoms with van der Waals surface area (Å²) in [5, 5.41) is 0. The van der Waals surface area contributed by atoms with Crippen molar-refractivity contribution < 1.29 is 0 Å². The van der Waals surface area contributed by atoms with Gasteiger partial charge < -0.3 is 0 Å². The monoisotopic (exact) mass is 743 g/mol. The maximum absolute atomic E-state index is 4.20. The molecule has 0 aromatic carbocycles. The lowest BCUT2D eigenvalue weighted by Crippen LogP contribution is -1.93. The normalized spacial score (nSPS) is 12.9. The van der Waals surface area contributed by atoms with Gasteiger partial charge in [0, 0.05) is 43.6 Å². The Labute approximate surface area is 337 Å². The molecule has 8 rings (SSSR count). The third-order valence-corrected chi connectivity index (χ3v) is 6.23. The summed E-state index contributed by atoms with van der Waals surface area (Å²) in [6.07, 6.45) is 32.4. The van der Waals surface area contributed by atoms with E-state index in [1.165, 1.54) is 39.1 Å². The van der Waals surface area contributed by atoms with Crippen LogP contribution in [0.25, 0.3) is 24.3 Å². The van der Waals surface area contributed by atoms with Crippen molar-refractivity contribution in [1.29, 1.82) is 0 Å². The molecule has 4 aliphatic carbocycles. The largest absolute Gasteiger partial charge is 0.264 e. The van der Waals surface area contributed by atoms with Crippen LogP contribution in [0.1, 0.15) is 149 Å². The lowest BCUT2D eigenvalue weighted by Gasteiger charge is -2.05. The van der Waals surface area contributed by atoms with E-state index in [0.29, 0.717) is 16.2 Å². The first kappa shape index (κ1) is 48.6. The van der Waals surface area contributed by atoms with Gasteiger partial charge in [-0.1, -0.05) is 159 Å². The lowest BCUT2D eigenvalue weighted by molar-refractivity contribution is 0.469. The van der Waals surface area contributed by atoms with E-state index >= 15 is 0 Å². The number of allylic oxidation sites excluding steroid dienone is 4. The highest BCUT2D eigenvalue weighted by Gasteiger charge is 2.04. The number of fused-ring (bicyclic) bond motifs is 4. The lowest BCUT2D eigenvalue weighted by atomic mass is 10.0. The van der Waals surface area contributed by atoms with E-state index in [2.05, 4.69) is 191 Å². The highest BCUT2D eigenvalue weighted by atomic mass is 14.7. The Kier molecular flexibility index (Phi) is 22.0. The van der Waals surface area contributed by atoms with E-state index in [1.807, 2.05) is 55.4 Å². The van der Waals surface area contributed by atoms with Crippen molar-refractivity contribution in [3.05, 3.63) is 143 Å². The molecule has 0 fully saturated rings. The third kappa shape index (κ3) is 27.7. The predicted molar refractivity (Wildman–Crippen MR) is 244 cm³/mol. The number of nitrogens with zero attached hydrogens (tertiary/aromatic N) is 4. The molecule has 0 radical (unpaired) electrons. The number of aromatic nitrogens is 4. The molecule has 4 heteroatoms. The van der Waals surface area contributed by atoms with E-state index in [4.69, 9.17) is 0 Å². The van der Waals surface area contributed by atoms with Gasteiger partial charge in [0.2, 0.25) is 0 Å². The molecule has 4 aromatic heterocycles. The summed E-state index contributed by atoms with van der Waals surface area (Å²) < 4.78 is 0. The minimum Gasteiger partial charge on any atom is -0.264 e. The Bertz CT molecular complexity index is 1500. The smallest absolute Gasteiger partial charge is 0.0661 e. The fourth-order valence-electron chi connectivity index (χ4n) is 4.31. The van der Waals surface area contributed by atoms with Crippen LogP contribution in [0.3, 0.4) is 0 Å². The number of pyridine rings is 4. The van der Waals surface area contributed by atoms with Crippen LogP contribution in [0.5, 0.6) is 0 Å². The van der Waals surface area contributed by atoms with Gasteiger partial charge in [-0.2, -0.15) is 0 Å². The van der Waals surface area contributed by atoms with Crippen LogP contribution >= 0.6 is 0 Å². The quantitative estimate of drug-likeness (QED) is 0.180. The summed E-state index contributed by atoms with van der Waals surface area (Å²) in [4.78, 5) is 16.4. The predicted octanol–water partition coefficient (Wildman–Crippen LogP) is 14.4. The SMILES string of the molecule is C1=Cc2cccnc2C1.C1=Cc2ccncc2C1.C1=Cc2cnccc2C1.C1=Cc2ncccc2C1.CC(C)(C)C.CC(C)(C)C.CC(C)(C)C.CC(C)C. The molecular weight excluding hydrogens is 669 g/mol. The minimum absolute atomic E-state index is 0.500. The molecule has 4 nitrogen and oxygen atoms in total. The summed E-state index contributed by atoms with van der Waals surface area (Å²) in [6, 6.07) is 12.3. The van der Waals surface area contributed by atoms with Crippen LogP contribution in [0.4, 0.5) is 0 Å². The van der Waals surface area contributed by atoms with Crippen molar-refractivity contribution in [3.63, 3.8) is 0 Å². The first-order valence-corrected chi connectivity index (χ1v) is 20.0. The molecule has 0 amide bonds. The topological polar surface area (TPSA) is 51.6 Å². The summed E-state index contributed by atoms with van der Waals surface area (Å²) in [7, 11) is 0. The molecule has 4 aliphatic rings. The zero-order valence-corrected chi connectivity index (χ0v) is 37.2. The molecule has 0 aliphatic heterocycles. The molecule has 0 saturated carbocycles. The second-order valence-electron chi connectivity index (χ2n) is 19.4. The maximum atomic E-state index is 4.20. The Morgan fingerprint density at radius 2 is 0.891 bits per heavy atom. The van der Waals surface area contributed by atoms with Gasteiger partial charge in [0.25, 0.3) is 0 Å². The number of hydrogen-bond acceptors (Lipinski definition) is 4. The van der Waals surface area contributed by atoms with E-state index in [9.17, 15) is 0 Å². The van der Waals surface area contributed by atoms with E-state index < -0.39 is 0 Å². The summed E-state index contributed by atoms with van der Waals surface area (Å²) in [5.74, 6) is 0.833. The van der Waals surface area contributed by atoms with Gasteiger partial charge in [0.05, 0.1) is 11.4 Å². The van der Waals surface area contributed by atoms with Crippen molar-refractivity contribution in [2.75, 3.05) is 0 Å². The molecule has 0 unspecified atom stereocenters. The molecule has 4 aromatic rings. The Morgan fingerprint density at radius 1 is 0.436 bits per heavy atom. The van der Waals surface area contributed by atoms with Gasteiger partial charge >= 0.3 is 0 Å². The molecule has 0 N–H and O–H groups in total. The fourth-order valence-corrected chi connectivity index (χ4v) is 4.31. The zero-order valence-electron chi connectivity index (χ0n) is 37.2. The van der Waals surface area contributed by atoms with Crippen LogP contribution in [0.15, 0.2) is 97.9 Å². The highest BCUT2D eigenvalue weighted by Crippen LogP contribution is 2.18. The van der Waals surface area contributed by atoms with Crippen molar-refractivity contribution in [1.82, 2.24) is 19.9 Å². The molecule has 55 heavy (non-hydrogen) atoms. The number of hydrogen-bond donors (Lipinski definition) is 0. The molecule has 0 saturated heterocycles. The standard InChI is InChI=1S/4C8H7N.3C5H12.C4H10/c2*1-3-7-4-2-6-9-8(7)5-1;2*1-2-7-4-5-9-6-8(7)3-1;3*1-5(2,3)4;1-4(2)3/h1-2,4-6H,3H2;1-4,6H,5H2;1,3-6H,2H2;1-2,4-6H,3H2;3*1-4H3;4H,1-3H3. The van der Waals surface area contributed by atoms with E-state index in [-0.39, 0.29) is 0 Å². The van der Waals surface area contributed by atoms with Gasteiger partial charge in [0.15, 0.2) is 0 Å². The van der Waals surface area contributed by atoms with Crippen molar-refractivity contribution in [2.24, 2.45) is 22.2 Å². The Hall–Kier alpha value is -4.44. The van der Waals surface area contributed by atoms with Crippen LogP contribution in [-0.4, -0.2) is 19.9 Å². The Balaban J connectivity index is 0.000000321. The van der Waals surface area contributed by atoms with E-state index in [1.54, 1.807) is 0 Å². The van der Waals surface area contributed by atoms with Crippen LogP contribution in [-0.2, 0) is 25.7 Å². The molecule has 4 heterocycles. The van der Waals surface area contributed by atoms with Gasteiger partial charge in [-0.15, -0.1) is 0 Å². The fraction of sp³-hybridized carbons (Fsp3) is 0.451. The van der Waals surface area contributed by atoms with Crippen LogP contribution in [0.2, 0.25) is 0 Å². The molecular formula is C51H74N4. The Morgan fingerprint density at radius 3 is 1.45 bits per heavy atom. The molecule has 0 atom stereocenters. The van der Waals surface area contributed by atoms with Gasteiger partial charge in [0.1, 0.15) is 0 Å². The van der Waals surface area contributed by atoms with Gasteiger partial charge in [-0.05, 0) is 105 Å². The average molecular weight is 743 g/mol. The van der Waals surface area contributed by atoms with Crippen molar-refractivity contribution in [2.45, 2.75) is 130 Å². The van der Waals surface area contributed by atoms with Gasteiger partial charge in [-0.3, -0.25) is 19.9 Å². The number of rotatable bonds is 0. The zero-order chi connectivity index (χ0) is 41.5. The minimum atomic E-state index is 0.500. The summed E-state index contributed by atoms with van der Waals surface area (Å²) in [6.45, 7) is 32.8. The molecule has 298 valence electrons. The average Bonchev–Trinajstić information content (AvgIpc) is 3.90. The summed E-state index contributed by atoms with van der Waals surface area (Å²) >= 11 is 0. The third-order valence-electron chi connectivity index (χ3n) is 6.23. The second kappa shape index (κ2) is 24.9. The second-order valence-corrected chi connectivity index (χ2v) is 19.4.